The quantitative estimate of drug-likeness (QED) is 0.658. The van der Waals surface area contributed by atoms with E-state index in [1.165, 1.54) is 0 Å². The standard InChI is InChI=1S/C10H18O3/c1-12-10(13-2)6-7-3-4-8(10)5-9(7)11/h7-9,11H,3-6H2,1-2H3/t7-,8-,9+/m1/s1. The lowest BCUT2D eigenvalue weighted by molar-refractivity contribution is -0.290. The van der Waals surface area contributed by atoms with E-state index in [2.05, 4.69) is 0 Å². The molecule has 0 amide bonds. The van der Waals surface area contributed by atoms with Crippen molar-refractivity contribution >= 4 is 0 Å². The van der Waals surface area contributed by atoms with Crippen LogP contribution >= 0.6 is 0 Å². The van der Waals surface area contributed by atoms with Crippen molar-refractivity contribution in [2.75, 3.05) is 14.2 Å². The highest BCUT2D eigenvalue weighted by molar-refractivity contribution is 4.97. The van der Waals surface area contributed by atoms with Crippen LogP contribution < -0.4 is 0 Å². The van der Waals surface area contributed by atoms with Gasteiger partial charge in [-0.3, -0.25) is 0 Å². The van der Waals surface area contributed by atoms with Crippen molar-refractivity contribution in [1.82, 2.24) is 0 Å². The van der Waals surface area contributed by atoms with E-state index in [0.717, 1.165) is 25.7 Å². The zero-order chi connectivity index (χ0) is 9.47. The van der Waals surface area contributed by atoms with Crippen molar-refractivity contribution in [3.63, 3.8) is 0 Å². The smallest absolute Gasteiger partial charge is 0.170 e. The second-order valence-corrected chi connectivity index (χ2v) is 4.26. The maximum atomic E-state index is 9.71. The first kappa shape index (κ1) is 9.44. The summed E-state index contributed by atoms with van der Waals surface area (Å²) >= 11 is 0. The number of aliphatic hydroxyl groups excluding tert-OH is 1. The van der Waals surface area contributed by atoms with Crippen molar-refractivity contribution in [1.29, 1.82) is 0 Å². The average Bonchev–Trinajstić information content (AvgIpc) is 2.19. The van der Waals surface area contributed by atoms with Crippen molar-refractivity contribution in [3.05, 3.63) is 0 Å². The molecule has 1 N–H and O–H groups in total. The molecule has 3 heteroatoms. The summed E-state index contributed by atoms with van der Waals surface area (Å²) < 4.78 is 11.0. The van der Waals surface area contributed by atoms with E-state index in [1.54, 1.807) is 14.2 Å². The third-order valence-electron chi connectivity index (χ3n) is 3.82. The van der Waals surface area contributed by atoms with E-state index in [-0.39, 0.29) is 6.10 Å². The summed E-state index contributed by atoms with van der Waals surface area (Å²) in [7, 11) is 3.41. The molecule has 3 aliphatic rings. The predicted octanol–water partition coefficient (Wildman–Crippen LogP) is 1.16. The highest BCUT2D eigenvalue weighted by Gasteiger charge is 2.51. The van der Waals surface area contributed by atoms with Crippen molar-refractivity contribution in [3.8, 4) is 0 Å². The lowest BCUT2D eigenvalue weighted by atomic mass is 9.65. The number of ether oxygens (including phenoxy) is 2. The maximum Gasteiger partial charge on any atom is 0.170 e. The van der Waals surface area contributed by atoms with Gasteiger partial charge < -0.3 is 14.6 Å². The summed E-state index contributed by atoms with van der Waals surface area (Å²) in [6.45, 7) is 0. The van der Waals surface area contributed by atoms with Crippen molar-refractivity contribution < 1.29 is 14.6 Å². The molecule has 76 valence electrons. The Morgan fingerprint density at radius 2 is 1.92 bits per heavy atom. The molecule has 3 nitrogen and oxygen atoms in total. The van der Waals surface area contributed by atoms with E-state index in [1.807, 2.05) is 0 Å². The van der Waals surface area contributed by atoms with Gasteiger partial charge in [-0.2, -0.15) is 0 Å². The molecule has 3 rings (SSSR count). The molecule has 0 aromatic heterocycles. The minimum Gasteiger partial charge on any atom is -0.393 e. The third kappa shape index (κ3) is 1.30. The molecule has 0 unspecified atom stereocenters. The van der Waals surface area contributed by atoms with Crippen LogP contribution in [0.1, 0.15) is 25.7 Å². The van der Waals surface area contributed by atoms with Gasteiger partial charge in [0.15, 0.2) is 5.79 Å². The molecular weight excluding hydrogens is 168 g/mol. The summed E-state index contributed by atoms with van der Waals surface area (Å²) in [5.74, 6) is 0.356. The maximum absolute atomic E-state index is 9.71. The van der Waals surface area contributed by atoms with Crippen LogP contribution in [0.5, 0.6) is 0 Å². The first-order valence-electron chi connectivity index (χ1n) is 5.00. The lowest BCUT2D eigenvalue weighted by Crippen LogP contribution is -2.54. The first-order chi connectivity index (χ1) is 6.22. The van der Waals surface area contributed by atoms with Crippen LogP contribution in [0, 0.1) is 11.8 Å². The number of hydrogen-bond donors (Lipinski definition) is 1. The van der Waals surface area contributed by atoms with Gasteiger partial charge in [-0.1, -0.05) is 0 Å². The molecule has 0 aromatic rings. The molecule has 0 saturated heterocycles. The van der Waals surface area contributed by atoms with Crippen molar-refractivity contribution in [2.24, 2.45) is 11.8 Å². The Bertz CT molecular complexity index is 189. The Hall–Kier alpha value is -0.120. The van der Waals surface area contributed by atoms with Crippen LogP contribution in [0.2, 0.25) is 0 Å². The van der Waals surface area contributed by atoms with Gasteiger partial charge in [-0.15, -0.1) is 0 Å². The van der Waals surface area contributed by atoms with E-state index in [9.17, 15) is 5.11 Å². The summed E-state index contributed by atoms with van der Waals surface area (Å²) in [6.07, 6.45) is 3.82. The molecule has 0 radical (unpaired) electrons. The Balaban J connectivity index is 2.17. The van der Waals surface area contributed by atoms with Crippen LogP contribution in [0.25, 0.3) is 0 Å². The Morgan fingerprint density at radius 1 is 1.23 bits per heavy atom. The van der Waals surface area contributed by atoms with Crippen LogP contribution in [-0.2, 0) is 9.47 Å². The molecule has 3 fully saturated rings. The highest BCUT2D eigenvalue weighted by atomic mass is 16.7. The van der Waals surface area contributed by atoms with Gasteiger partial charge in [0, 0.05) is 26.6 Å². The van der Waals surface area contributed by atoms with E-state index < -0.39 is 5.79 Å². The van der Waals surface area contributed by atoms with Crippen LogP contribution in [0.15, 0.2) is 0 Å². The normalized spacial score (nSPS) is 42.2. The van der Waals surface area contributed by atoms with Gasteiger partial charge >= 0.3 is 0 Å². The third-order valence-corrected chi connectivity index (χ3v) is 3.82. The second kappa shape index (κ2) is 3.23. The summed E-state index contributed by atoms with van der Waals surface area (Å²) in [4.78, 5) is 0. The molecule has 3 aliphatic carbocycles. The zero-order valence-corrected chi connectivity index (χ0v) is 8.32. The molecule has 3 atom stereocenters. The lowest BCUT2D eigenvalue weighted by Gasteiger charge is -2.51. The molecule has 0 heterocycles. The number of methoxy groups -OCH3 is 2. The van der Waals surface area contributed by atoms with Gasteiger partial charge in [-0.05, 0) is 25.2 Å². The zero-order valence-electron chi connectivity index (χ0n) is 8.32. The fourth-order valence-electron chi connectivity index (χ4n) is 2.96. The van der Waals surface area contributed by atoms with E-state index >= 15 is 0 Å². The Kier molecular flexibility index (Phi) is 2.34. The minimum absolute atomic E-state index is 0.128. The SMILES string of the molecule is COC1(OC)C[C@H]2CC[C@@H]1C[C@@H]2O. The second-order valence-electron chi connectivity index (χ2n) is 4.26. The first-order valence-corrected chi connectivity index (χ1v) is 5.00. The number of hydrogen-bond acceptors (Lipinski definition) is 3. The van der Waals surface area contributed by atoms with Crippen LogP contribution in [0.4, 0.5) is 0 Å². The largest absolute Gasteiger partial charge is 0.393 e. The average molecular weight is 186 g/mol. The molecule has 13 heavy (non-hydrogen) atoms. The monoisotopic (exact) mass is 186 g/mol. The molecule has 2 bridgehead atoms. The van der Waals surface area contributed by atoms with Crippen molar-refractivity contribution in [2.45, 2.75) is 37.6 Å². The van der Waals surface area contributed by atoms with Gasteiger partial charge in [0.1, 0.15) is 0 Å². The molecule has 0 aromatic carbocycles. The minimum atomic E-state index is -0.401. The van der Waals surface area contributed by atoms with E-state index in [0.29, 0.717) is 11.8 Å². The molecule has 0 aliphatic heterocycles. The van der Waals surface area contributed by atoms with Gasteiger partial charge in [0.05, 0.1) is 6.10 Å². The van der Waals surface area contributed by atoms with Crippen LogP contribution in [-0.4, -0.2) is 31.2 Å². The molecular formula is C10H18O3. The molecule has 3 saturated carbocycles. The molecule has 0 spiro atoms. The van der Waals surface area contributed by atoms with Gasteiger partial charge in [0.25, 0.3) is 0 Å². The number of aliphatic hydroxyl groups is 1. The number of fused-ring (bicyclic) bond motifs is 3. The number of rotatable bonds is 2. The van der Waals surface area contributed by atoms with E-state index in [4.69, 9.17) is 9.47 Å². The highest BCUT2D eigenvalue weighted by Crippen LogP contribution is 2.49. The predicted molar refractivity (Wildman–Crippen MR) is 48.2 cm³/mol. The summed E-state index contributed by atoms with van der Waals surface area (Å²) in [6, 6.07) is 0. The fraction of sp³-hybridized carbons (Fsp3) is 1.00. The topological polar surface area (TPSA) is 38.7 Å². The van der Waals surface area contributed by atoms with Gasteiger partial charge in [0.2, 0.25) is 0 Å². The van der Waals surface area contributed by atoms with Crippen LogP contribution in [0.3, 0.4) is 0 Å². The Labute approximate surface area is 79.0 Å². The van der Waals surface area contributed by atoms with Gasteiger partial charge in [-0.25, -0.2) is 0 Å². The fourth-order valence-corrected chi connectivity index (χ4v) is 2.96. The summed E-state index contributed by atoms with van der Waals surface area (Å²) in [5.41, 5.74) is 0. The Morgan fingerprint density at radius 3 is 2.31 bits per heavy atom. The summed E-state index contributed by atoms with van der Waals surface area (Å²) in [5, 5.41) is 9.71.